The van der Waals surface area contributed by atoms with Gasteiger partial charge in [-0.15, -0.1) is 24.0 Å². The van der Waals surface area contributed by atoms with Gasteiger partial charge in [0.2, 0.25) is 0 Å². The lowest BCUT2D eigenvalue weighted by Gasteiger charge is -2.36. The van der Waals surface area contributed by atoms with Crippen molar-refractivity contribution < 1.29 is 0 Å². The van der Waals surface area contributed by atoms with Gasteiger partial charge >= 0.3 is 0 Å². The van der Waals surface area contributed by atoms with E-state index in [1.165, 1.54) is 12.8 Å². The summed E-state index contributed by atoms with van der Waals surface area (Å²) in [6.45, 7) is 12.2. The predicted octanol–water partition coefficient (Wildman–Crippen LogP) is 1.29. The van der Waals surface area contributed by atoms with Crippen LogP contribution in [0.4, 0.5) is 0 Å². The average molecular weight is 409 g/mol. The fourth-order valence-electron chi connectivity index (χ4n) is 2.94. The lowest BCUT2D eigenvalue weighted by Crippen LogP contribution is -2.49. The maximum atomic E-state index is 6.14. The third kappa shape index (κ3) is 5.90. The number of hydrogen-bond donors (Lipinski definition) is 1. The fraction of sp³-hybridized carbons (Fsp3) is 0.933. The molecule has 1 atom stereocenters. The molecule has 5 nitrogen and oxygen atoms in total. The van der Waals surface area contributed by atoms with Crippen molar-refractivity contribution in [2.24, 2.45) is 16.6 Å². The van der Waals surface area contributed by atoms with E-state index in [4.69, 9.17) is 5.73 Å². The summed E-state index contributed by atoms with van der Waals surface area (Å²) in [5, 5.41) is 0. The molecule has 21 heavy (non-hydrogen) atoms. The first-order valence-corrected chi connectivity index (χ1v) is 8.03. The Morgan fingerprint density at radius 3 is 2.29 bits per heavy atom. The third-order valence-electron chi connectivity index (χ3n) is 4.79. The molecule has 2 saturated heterocycles. The van der Waals surface area contributed by atoms with Crippen LogP contribution in [0.2, 0.25) is 0 Å². The van der Waals surface area contributed by atoms with Crippen LogP contribution in [0, 0.1) is 5.92 Å². The predicted molar refractivity (Wildman–Crippen MR) is 100 cm³/mol. The molecule has 2 fully saturated rings. The molecule has 2 N–H and O–H groups in total. The van der Waals surface area contributed by atoms with Crippen LogP contribution < -0.4 is 5.73 Å². The van der Waals surface area contributed by atoms with E-state index in [0.717, 1.165) is 57.7 Å². The second kappa shape index (κ2) is 9.15. The minimum Gasteiger partial charge on any atom is -0.370 e. The zero-order valence-electron chi connectivity index (χ0n) is 13.8. The van der Waals surface area contributed by atoms with Gasteiger partial charge in [-0.05, 0) is 32.7 Å². The van der Waals surface area contributed by atoms with E-state index in [-0.39, 0.29) is 24.0 Å². The molecule has 0 aromatic rings. The number of hydrogen-bond acceptors (Lipinski definition) is 3. The standard InChI is InChI=1S/C15H31N5.HI/c1-13-4-6-20(7-5-13)15(16)17-12-14(2)19-10-8-18(3)9-11-19;/h13-14H,4-12H2,1-3H3,(H2,16,17);1H. The van der Waals surface area contributed by atoms with Crippen molar-refractivity contribution in [1.82, 2.24) is 14.7 Å². The minimum absolute atomic E-state index is 0. The van der Waals surface area contributed by atoms with E-state index in [9.17, 15) is 0 Å². The summed E-state index contributed by atoms with van der Waals surface area (Å²) >= 11 is 0. The van der Waals surface area contributed by atoms with Crippen LogP contribution in [0.25, 0.3) is 0 Å². The molecule has 124 valence electrons. The third-order valence-corrected chi connectivity index (χ3v) is 4.79. The molecule has 0 radical (unpaired) electrons. The van der Waals surface area contributed by atoms with Crippen molar-refractivity contribution in [2.45, 2.75) is 32.7 Å². The molecule has 0 aliphatic carbocycles. The lowest BCUT2D eigenvalue weighted by molar-refractivity contribution is 0.122. The van der Waals surface area contributed by atoms with Crippen LogP contribution in [0.15, 0.2) is 4.99 Å². The molecule has 1 unspecified atom stereocenters. The highest BCUT2D eigenvalue weighted by molar-refractivity contribution is 14.0. The molecule has 2 rings (SSSR count). The summed E-state index contributed by atoms with van der Waals surface area (Å²) in [5.74, 6) is 1.58. The maximum absolute atomic E-state index is 6.14. The van der Waals surface area contributed by atoms with Gasteiger partial charge in [-0.3, -0.25) is 9.89 Å². The van der Waals surface area contributed by atoms with Crippen molar-refractivity contribution in [2.75, 3.05) is 52.9 Å². The van der Waals surface area contributed by atoms with Crippen LogP contribution in [0.3, 0.4) is 0 Å². The summed E-state index contributed by atoms with van der Waals surface area (Å²) in [6.07, 6.45) is 2.48. The number of rotatable bonds is 3. The Bertz CT molecular complexity index is 320. The van der Waals surface area contributed by atoms with Gasteiger partial charge in [0.05, 0.1) is 6.54 Å². The maximum Gasteiger partial charge on any atom is 0.191 e. The van der Waals surface area contributed by atoms with Crippen molar-refractivity contribution in [3.63, 3.8) is 0 Å². The van der Waals surface area contributed by atoms with Gasteiger partial charge in [-0.25, -0.2) is 0 Å². The number of likely N-dealkylation sites (tertiary alicyclic amines) is 1. The number of nitrogens with two attached hydrogens (primary N) is 1. The van der Waals surface area contributed by atoms with Gasteiger partial charge in [0.15, 0.2) is 5.96 Å². The summed E-state index contributed by atoms with van der Waals surface area (Å²) in [6, 6.07) is 0.492. The first-order chi connectivity index (χ1) is 9.56. The van der Waals surface area contributed by atoms with Crippen molar-refractivity contribution in [3.05, 3.63) is 0 Å². The van der Waals surface area contributed by atoms with E-state index in [1.54, 1.807) is 0 Å². The van der Waals surface area contributed by atoms with E-state index in [0.29, 0.717) is 6.04 Å². The van der Waals surface area contributed by atoms with Crippen LogP contribution >= 0.6 is 24.0 Å². The molecule has 0 spiro atoms. The second-order valence-corrected chi connectivity index (χ2v) is 6.56. The van der Waals surface area contributed by atoms with Gasteiger partial charge in [0, 0.05) is 45.3 Å². The highest BCUT2D eigenvalue weighted by Crippen LogP contribution is 2.15. The van der Waals surface area contributed by atoms with Gasteiger partial charge in [-0.1, -0.05) is 6.92 Å². The first-order valence-electron chi connectivity index (χ1n) is 8.03. The highest BCUT2D eigenvalue weighted by Gasteiger charge is 2.20. The largest absolute Gasteiger partial charge is 0.370 e. The lowest BCUT2D eigenvalue weighted by atomic mass is 10.00. The monoisotopic (exact) mass is 409 g/mol. The van der Waals surface area contributed by atoms with E-state index >= 15 is 0 Å². The van der Waals surface area contributed by atoms with Crippen LogP contribution in [-0.4, -0.2) is 79.6 Å². The topological polar surface area (TPSA) is 48.1 Å². The second-order valence-electron chi connectivity index (χ2n) is 6.56. The van der Waals surface area contributed by atoms with Crippen LogP contribution in [0.1, 0.15) is 26.7 Å². The summed E-state index contributed by atoms with van der Waals surface area (Å²) in [5.41, 5.74) is 6.14. The van der Waals surface area contributed by atoms with Crippen LogP contribution in [-0.2, 0) is 0 Å². The molecule has 2 heterocycles. The Hall–Kier alpha value is -0.0800. The molecule has 0 saturated carbocycles. The van der Waals surface area contributed by atoms with Crippen molar-refractivity contribution >= 4 is 29.9 Å². The number of aliphatic imine (C=N–C) groups is 1. The number of guanidine groups is 1. The number of piperidine rings is 1. The Labute approximate surface area is 146 Å². The minimum atomic E-state index is 0. The molecule has 0 aromatic heterocycles. The summed E-state index contributed by atoms with van der Waals surface area (Å²) < 4.78 is 0. The van der Waals surface area contributed by atoms with Gasteiger partial charge in [-0.2, -0.15) is 0 Å². The Morgan fingerprint density at radius 1 is 1.14 bits per heavy atom. The van der Waals surface area contributed by atoms with Gasteiger partial charge in [0.25, 0.3) is 0 Å². The number of nitrogens with zero attached hydrogens (tertiary/aromatic N) is 4. The molecular formula is C15H32IN5. The van der Waals surface area contributed by atoms with Crippen molar-refractivity contribution in [1.29, 1.82) is 0 Å². The molecular weight excluding hydrogens is 377 g/mol. The first kappa shape index (κ1) is 19.0. The smallest absolute Gasteiger partial charge is 0.191 e. The zero-order valence-corrected chi connectivity index (χ0v) is 16.1. The van der Waals surface area contributed by atoms with Crippen molar-refractivity contribution in [3.8, 4) is 0 Å². The average Bonchev–Trinajstić information content (AvgIpc) is 2.46. The quantitative estimate of drug-likeness (QED) is 0.434. The van der Waals surface area contributed by atoms with Gasteiger partial charge in [0.1, 0.15) is 0 Å². The zero-order chi connectivity index (χ0) is 14.5. The van der Waals surface area contributed by atoms with Crippen LogP contribution in [0.5, 0.6) is 0 Å². The fourth-order valence-corrected chi connectivity index (χ4v) is 2.94. The molecule has 0 aromatic carbocycles. The molecule has 2 aliphatic heterocycles. The Morgan fingerprint density at radius 2 is 1.71 bits per heavy atom. The Balaban J connectivity index is 0.00000220. The van der Waals surface area contributed by atoms with E-state index in [2.05, 4.69) is 40.6 Å². The normalized spacial score (nSPS) is 24.7. The highest BCUT2D eigenvalue weighted by atomic mass is 127. The molecule has 0 amide bonds. The molecule has 6 heteroatoms. The summed E-state index contributed by atoms with van der Waals surface area (Å²) in [4.78, 5) is 11.8. The van der Waals surface area contributed by atoms with Gasteiger partial charge < -0.3 is 15.5 Å². The van der Waals surface area contributed by atoms with E-state index < -0.39 is 0 Å². The number of likely N-dealkylation sites (N-methyl/N-ethyl adjacent to an activating group) is 1. The number of piperazine rings is 1. The SMILES string of the molecule is CC1CCN(C(N)=NCC(C)N2CCN(C)CC2)CC1.I. The van der Waals surface area contributed by atoms with E-state index in [1.807, 2.05) is 0 Å². The Kier molecular flexibility index (Phi) is 8.26. The number of halogens is 1. The summed E-state index contributed by atoms with van der Waals surface area (Å²) in [7, 11) is 2.19. The molecule has 2 aliphatic rings. The molecule has 0 bridgehead atoms.